The highest BCUT2D eigenvalue weighted by Gasteiger charge is 2.29. The van der Waals surface area contributed by atoms with Gasteiger partial charge in [-0.15, -0.1) is 0 Å². The maximum absolute atomic E-state index is 11.9. The predicted octanol–water partition coefficient (Wildman–Crippen LogP) is 3.22. The minimum absolute atomic E-state index is 0.114. The normalized spacial score (nSPS) is 16.3. The van der Waals surface area contributed by atoms with Crippen molar-refractivity contribution in [2.24, 2.45) is 5.92 Å². The van der Waals surface area contributed by atoms with Crippen molar-refractivity contribution in [3.05, 3.63) is 28.2 Å². The van der Waals surface area contributed by atoms with Crippen LogP contribution in [0, 0.1) is 5.92 Å². The van der Waals surface area contributed by atoms with E-state index in [1.165, 1.54) is 13.0 Å². The lowest BCUT2D eigenvalue weighted by molar-refractivity contribution is -0.154. The fourth-order valence-electron chi connectivity index (χ4n) is 2.07. The molecule has 1 aliphatic rings. The Labute approximate surface area is 145 Å². The van der Waals surface area contributed by atoms with Gasteiger partial charge in [-0.05, 0) is 50.8 Å². The summed E-state index contributed by atoms with van der Waals surface area (Å²) in [5, 5.41) is 3.58. The van der Waals surface area contributed by atoms with Crippen LogP contribution in [0.3, 0.4) is 0 Å². The molecule has 0 saturated heterocycles. The highest BCUT2D eigenvalue weighted by atomic mass is 35.5. The molecule has 2 rings (SSSR count). The number of ether oxygens (including phenoxy) is 2. The zero-order chi connectivity index (χ0) is 17.0. The van der Waals surface area contributed by atoms with Gasteiger partial charge in [0, 0.05) is 11.1 Å². The van der Waals surface area contributed by atoms with E-state index in [0.29, 0.717) is 21.7 Å². The van der Waals surface area contributed by atoms with Gasteiger partial charge in [0.2, 0.25) is 0 Å². The van der Waals surface area contributed by atoms with Crippen LogP contribution in [0.1, 0.15) is 26.7 Å². The van der Waals surface area contributed by atoms with Gasteiger partial charge in [0.25, 0.3) is 5.91 Å². The van der Waals surface area contributed by atoms with E-state index in [-0.39, 0.29) is 18.6 Å². The number of hydrogen-bond acceptors (Lipinski definition) is 4. The van der Waals surface area contributed by atoms with E-state index in [2.05, 4.69) is 5.32 Å². The lowest BCUT2D eigenvalue weighted by atomic mass is 10.2. The van der Waals surface area contributed by atoms with E-state index < -0.39 is 12.1 Å². The summed E-state index contributed by atoms with van der Waals surface area (Å²) in [4.78, 5) is 23.6. The Balaban J connectivity index is 1.76. The van der Waals surface area contributed by atoms with E-state index >= 15 is 0 Å². The lowest BCUT2D eigenvalue weighted by Gasteiger charge is -2.16. The molecule has 0 spiro atoms. The minimum atomic E-state index is -0.887. The Kier molecular flexibility index (Phi) is 6.13. The number of carbonyl (C=O) groups is 2. The van der Waals surface area contributed by atoms with Crippen LogP contribution in [0.15, 0.2) is 18.2 Å². The highest BCUT2D eigenvalue weighted by Crippen LogP contribution is 2.32. The molecule has 0 bridgehead atoms. The number of halogens is 2. The van der Waals surface area contributed by atoms with Gasteiger partial charge < -0.3 is 14.8 Å². The van der Waals surface area contributed by atoms with Crippen LogP contribution in [-0.4, -0.2) is 30.6 Å². The molecule has 23 heavy (non-hydrogen) atoms. The second kappa shape index (κ2) is 7.88. The maximum Gasteiger partial charge on any atom is 0.347 e. The van der Waals surface area contributed by atoms with Crippen molar-refractivity contribution < 1.29 is 19.1 Å². The molecule has 1 N–H and O–H groups in total. The summed E-state index contributed by atoms with van der Waals surface area (Å²) >= 11 is 11.8. The summed E-state index contributed by atoms with van der Waals surface area (Å²) in [5.41, 5.74) is 0. The van der Waals surface area contributed by atoms with Crippen LogP contribution in [0.25, 0.3) is 0 Å². The lowest BCUT2D eigenvalue weighted by Crippen LogP contribution is -2.38. The number of rotatable bonds is 7. The van der Waals surface area contributed by atoms with Crippen LogP contribution in [0.4, 0.5) is 0 Å². The van der Waals surface area contributed by atoms with Crippen LogP contribution in [0.2, 0.25) is 10.0 Å². The molecule has 1 aromatic rings. The highest BCUT2D eigenvalue weighted by molar-refractivity contribution is 6.35. The third-order valence-electron chi connectivity index (χ3n) is 3.59. The summed E-state index contributed by atoms with van der Waals surface area (Å²) in [6.07, 6.45) is 1.38. The zero-order valence-electron chi connectivity index (χ0n) is 13.0. The van der Waals surface area contributed by atoms with Gasteiger partial charge in [0.1, 0.15) is 5.75 Å². The molecule has 1 fully saturated rings. The third-order valence-corrected chi connectivity index (χ3v) is 4.12. The average molecular weight is 360 g/mol. The molecule has 1 aromatic carbocycles. The van der Waals surface area contributed by atoms with Gasteiger partial charge >= 0.3 is 5.97 Å². The number of amides is 1. The van der Waals surface area contributed by atoms with E-state index in [1.54, 1.807) is 12.1 Å². The van der Waals surface area contributed by atoms with E-state index in [9.17, 15) is 9.59 Å². The van der Waals surface area contributed by atoms with Crippen molar-refractivity contribution in [2.75, 3.05) is 6.61 Å². The molecule has 1 aliphatic carbocycles. The summed E-state index contributed by atoms with van der Waals surface area (Å²) in [6, 6.07) is 4.80. The molecule has 1 amide bonds. The Bertz CT molecular complexity index is 589. The largest absolute Gasteiger partial charge is 0.477 e. The summed E-state index contributed by atoms with van der Waals surface area (Å²) in [7, 11) is 0. The standard InChI is InChI=1S/C16H19Cl2NO4/c1-9(11-3-4-11)19-15(20)8-22-16(21)10(2)23-14-6-5-12(17)7-13(14)18/h5-7,9-11H,3-4,8H2,1-2H3,(H,19,20)/t9-,10+/m0/s1. The van der Waals surface area contributed by atoms with Crippen LogP contribution < -0.4 is 10.1 Å². The summed E-state index contributed by atoms with van der Waals surface area (Å²) in [6.45, 7) is 3.15. The van der Waals surface area contributed by atoms with Crippen molar-refractivity contribution in [3.8, 4) is 5.75 Å². The molecular formula is C16H19Cl2NO4. The van der Waals surface area contributed by atoms with Gasteiger partial charge in [-0.25, -0.2) is 4.79 Å². The van der Waals surface area contributed by atoms with Crippen LogP contribution in [0.5, 0.6) is 5.75 Å². The second-order valence-corrected chi connectivity index (χ2v) is 6.48. The van der Waals surface area contributed by atoms with Crippen molar-refractivity contribution >= 4 is 35.1 Å². The van der Waals surface area contributed by atoms with Gasteiger partial charge in [0.05, 0.1) is 5.02 Å². The summed E-state index contributed by atoms with van der Waals surface area (Å²) < 4.78 is 10.4. The number of nitrogens with one attached hydrogen (secondary N) is 1. The first-order valence-electron chi connectivity index (χ1n) is 7.44. The van der Waals surface area contributed by atoms with Crippen molar-refractivity contribution in [2.45, 2.75) is 38.8 Å². The van der Waals surface area contributed by atoms with Crippen LogP contribution in [-0.2, 0) is 14.3 Å². The monoisotopic (exact) mass is 359 g/mol. The summed E-state index contributed by atoms with van der Waals surface area (Å²) in [5.74, 6) is -0.0732. The number of benzene rings is 1. The molecule has 0 unspecified atom stereocenters. The molecule has 5 nitrogen and oxygen atoms in total. The van der Waals surface area contributed by atoms with Gasteiger partial charge in [-0.2, -0.15) is 0 Å². The molecule has 1 saturated carbocycles. The van der Waals surface area contributed by atoms with E-state index in [1.807, 2.05) is 6.92 Å². The Morgan fingerprint density at radius 2 is 2.00 bits per heavy atom. The molecule has 0 radical (unpaired) electrons. The Morgan fingerprint density at radius 1 is 1.30 bits per heavy atom. The molecule has 2 atom stereocenters. The Morgan fingerprint density at radius 3 is 2.61 bits per heavy atom. The van der Waals surface area contributed by atoms with Crippen molar-refractivity contribution in [3.63, 3.8) is 0 Å². The molecule has 0 heterocycles. The SMILES string of the molecule is C[C@H](NC(=O)COC(=O)[C@@H](C)Oc1ccc(Cl)cc1Cl)C1CC1. The average Bonchev–Trinajstić information content (AvgIpc) is 3.32. The number of carbonyl (C=O) groups excluding carboxylic acids is 2. The van der Waals surface area contributed by atoms with E-state index in [4.69, 9.17) is 32.7 Å². The quantitative estimate of drug-likeness (QED) is 0.759. The number of hydrogen-bond donors (Lipinski definition) is 1. The predicted molar refractivity (Wildman–Crippen MR) is 87.8 cm³/mol. The first kappa shape index (κ1) is 17.9. The molecule has 126 valence electrons. The molecule has 7 heteroatoms. The first-order valence-corrected chi connectivity index (χ1v) is 8.20. The van der Waals surface area contributed by atoms with Crippen molar-refractivity contribution in [1.82, 2.24) is 5.32 Å². The van der Waals surface area contributed by atoms with Gasteiger partial charge in [-0.1, -0.05) is 23.2 Å². The van der Waals surface area contributed by atoms with Crippen LogP contribution >= 0.6 is 23.2 Å². The maximum atomic E-state index is 11.9. The molecular weight excluding hydrogens is 341 g/mol. The van der Waals surface area contributed by atoms with E-state index in [0.717, 1.165) is 12.8 Å². The number of esters is 1. The van der Waals surface area contributed by atoms with Crippen molar-refractivity contribution in [1.29, 1.82) is 0 Å². The van der Waals surface area contributed by atoms with Gasteiger partial charge in [0.15, 0.2) is 12.7 Å². The molecule has 0 aliphatic heterocycles. The fourth-order valence-corrected chi connectivity index (χ4v) is 2.53. The fraction of sp³-hybridized carbons (Fsp3) is 0.500. The molecule has 0 aromatic heterocycles. The van der Waals surface area contributed by atoms with Gasteiger partial charge in [-0.3, -0.25) is 4.79 Å². The smallest absolute Gasteiger partial charge is 0.347 e. The Hall–Kier alpha value is -1.46. The third kappa shape index (κ3) is 5.59. The zero-order valence-corrected chi connectivity index (χ0v) is 14.5. The minimum Gasteiger partial charge on any atom is -0.477 e. The topological polar surface area (TPSA) is 64.6 Å². The first-order chi connectivity index (χ1) is 10.9. The second-order valence-electron chi connectivity index (χ2n) is 5.64.